The molecule has 0 aliphatic rings. The minimum absolute atomic E-state index is 0.164. The standard InChI is InChI=1S/C12H12BrN3O/c1-7(2)10-9(13)12(17)16-11(15-10)8-4-3-5-14-6-8/h3-7H,1-2H3,(H,15,16,17). The summed E-state index contributed by atoms with van der Waals surface area (Å²) in [4.78, 5) is 23.0. The first-order chi connectivity index (χ1) is 8.09. The van der Waals surface area contributed by atoms with Gasteiger partial charge in [-0.15, -0.1) is 0 Å². The van der Waals surface area contributed by atoms with Crippen LogP contribution in [-0.2, 0) is 0 Å². The van der Waals surface area contributed by atoms with E-state index >= 15 is 0 Å². The quantitative estimate of drug-likeness (QED) is 0.926. The number of nitrogens with zero attached hydrogens (tertiary/aromatic N) is 2. The van der Waals surface area contributed by atoms with Gasteiger partial charge in [-0.25, -0.2) is 4.98 Å². The number of hydrogen-bond donors (Lipinski definition) is 1. The highest BCUT2D eigenvalue weighted by Gasteiger charge is 2.12. The van der Waals surface area contributed by atoms with Gasteiger partial charge in [0.1, 0.15) is 10.3 Å². The summed E-state index contributed by atoms with van der Waals surface area (Å²) in [6.07, 6.45) is 3.36. The maximum atomic E-state index is 11.8. The van der Waals surface area contributed by atoms with Crippen molar-refractivity contribution in [2.24, 2.45) is 0 Å². The first-order valence-electron chi connectivity index (χ1n) is 5.29. The molecular formula is C12H12BrN3O. The molecule has 0 unspecified atom stereocenters. The second kappa shape index (κ2) is 4.79. The molecule has 17 heavy (non-hydrogen) atoms. The smallest absolute Gasteiger partial charge is 0.265 e. The van der Waals surface area contributed by atoms with Gasteiger partial charge in [0, 0.05) is 18.0 Å². The van der Waals surface area contributed by atoms with E-state index in [2.05, 4.69) is 30.9 Å². The molecule has 0 amide bonds. The van der Waals surface area contributed by atoms with Gasteiger partial charge in [0.15, 0.2) is 0 Å². The molecule has 1 N–H and O–H groups in total. The molecular weight excluding hydrogens is 282 g/mol. The first kappa shape index (κ1) is 12.0. The average molecular weight is 294 g/mol. The molecule has 0 fully saturated rings. The number of hydrogen-bond acceptors (Lipinski definition) is 3. The fourth-order valence-corrected chi connectivity index (χ4v) is 2.14. The summed E-state index contributed by atoms with van der Waals surface area (Å²) < 4.78 is 0.500. The van der Waals surface area contributed by atoms with Crippen LogP contribution in [0.5, 0.6) is 0 Å². The predicted octanol–water partition coefficient (Wildman–Crippen LogP) is 2.72. The molecule has 0 atom stereocenters. The highest BCUT2D eigenvalue weighted by molar-refractivity contribution is 9.10. The number of rotatable bonds is 2. The average Bonchev–Trinajstić information content (AvgIpc) is 2.33. The van der Waals surface area contributed by atoms with Crippen LogP contribution in [0.3, 0.4) is 0 Å². The Morgan fingerprint density at radius 2 is 2.18 bits per heavy atom. The summed E-state index contributed by atoms with van der Waals surface area (Å²) in [5, 5.41) is 0. The maximum Gasteiger partial charge on any atom is 0.265 e. The third-order valence-corrected chi connectivity index (χ3v) is 3.14. The van der Waals surface area contributed by atoms with Crippen LogP contribution in [-0.4, -0.2) is 15.0 Å². The van der Waals surface area contributed by atoms with Crippen molar-refractivity contribution < 1.29 is 0 Å². The number of halogens is 1. The largest absolute Gasteiger partial charge is 0.305 e. The van der Waals surface area contributed by atoms with Crippen molar-refractivity contribution in [1.29, 1.82) is 0 Å². The Kier molecular flexibility index (Phi) is 3.38. The Labute approximate surface area is 107 Å². The maximum absolute atomic E-state index is 11.8. The minimum Gasteiger partial charge on any atom is -0.305 e. The van der Waals surface area contributed by atoms with Crippen molar-refractivity contribution in [2.75, 3.05) is 0 Å². The molecule has 2 heterocycles. The monoisotopic (exact) mass is 293 g/mol. The lowest BCUT2D eigenvalue weighted by Gasteiger charge is -2.08. The molecule has 0 aliphatic carbocycles. The van der Waals surface area contributed by atoms with Crippen molar-refractivity contribution in [1.82, 2.24) is 15.0 Å². The zero-order chi connectivity index (χ0) is 12.4. The highest BCUT2D eigenvalue weighted by atomic mass is 79.9. The van der Waals surface area contributed by atoms with Gasteiger partial charge in [-0.2, -0.15) is 0 Å². The fourth-order valence-electron chi connectivity index (χ4n) is 1.50. The second-order valence-electron chi connectivity index (χ2n) is 4.01. The van der Waals surface area contributed by atoms with E-state index < -0.39 is 0 Å². The van der Waals surface area contributed by atoms with Crippen LogP contribution in [0.2, 0.25) is 0 Å². The van der Waals surface area contributed by atoms with Crippen LogP contribution in [0.1, 0.15) is 25.5 Å². The van der Waals surface area contributed by atoms with Gasteiger partial charge < -0.3 is 4.98 Å². The molecule has 2 aromatic heterocycles. The highest BCUT2D eigenvalue weighted by Crippen LogP contribution is 2.21. The lowest BCUT2D eigenvalue weighted by atomic mass is 10.1. The lowest BCUT2D eigenvalue weighted by molar-refractivity contribution is 0.803. The topological polar surface area (TPSA) is 58.6 Å². The normalized spacial score (nSPS) is 10.8. The van der Waals surface area contributed by atoms with Gasteiger partial charge in [-0.3, -0.25) is 9.78 Å². The number of pyridine rings is 1. The van der Waals surface area contributed by atoms with E-state index in [1.807, 2.05) is 26.0 Å². The van der Waals surface area contributed by atoms with Gasteiger partial charge in [-0.1, -0.05) is 13.8 Å². The molecule has 0 radical (unpaired) electrons. The SMILES string of the molecule is CC(C)c1nc(-c2cccnc2)[nH]c(=O)c1Br. The first-order valence-corrected chi connectivity index (χ1v) is 6.09. The van der Waals surface area contributed by atoms with Crippen LogP contribution < -0.4 is 5.56 Å². The van der Waals surface area contributed by atoms with Gasteiger partial charge in [0.25, 0.3) is 5.56 Å². The summed E-state index contributed by atoms with van der Waals surface area (Å²) in [5.41, 5.74) is 1.40. The third kappa shape index (κ3) is 2.44. The van der Waals surface area contributed by atoms with E-state index in [9.17, 15) is 4.79 Å². The van der Waals surface area contributed by atoms with Crippen LogP contribution in [0.15, 0.2) is 33.8 Å². The lowest BCUT2D eigenvalue weighted by Crippen LogP contribution is -2.14. The molecule has 0 bridgehead atoms. The molecule has 0 saturated carbocycles. The van der Waals surface area contributed by atoms with Crippen molar-refractivity contribution in [3.63, 3.8) is 0 Å². The molecule has 0 spiro atoms. The van der Waals surface area contributed by atoms with E-state index in [4.69, 9.17) is 0 Å². The molecule has 0 aromatic carbocycles. The Morgan fingerprint density at radius 1 is 1.41 bits per heavy atom. The molecule has 5 heteroatoms. The summed E-state index contributed by atoms with van der Waals surface area (Å²) in [7, 11) is 0. The van der Waals surface area contributed by atoms with E-state index in [0.29, 0.717) is 10.3 Å². The van der Waals surface area contributed by atoms with Crippen molar-refractivity contribution >= 4 is 15.9 Å². The Hall–Kier alpha value is -1.49. The van der Waals surface area contributed by atoms with Crippen LogP contribution >= 0.6 is 15.9 Å². The molecule has 4 nitrogen and oxygen atoms in total. The van der Waals surface area contributed by atoms with Gasteiger partial charge in [0.2, 0.25) is 0 Å². The van der Waals surface area contributed by atoms with Crippen LogP contribution in [0.25, 0.3) is 11.4 Å². The zero-order valence-electron chi connectivity index (χ0n) is 9.57. The predicted molar refractivity (Wildman–Crippen MR) is 69.9 cm³/mol. The fraction of sp³-hybridized carbons (Fsp3) is 0.250. The van der Waals surface area contributed by atoms with Gasteiger partial charge >= 0.3 is 0 Å². The second-order valence-corrected chi connectivity index (χ2v) is 4.80. The summed E-state index contributed by atoms with van der Waals surface area (Å²) >= 11 is 3.27. The number of H-pyrrole nitrogens is 1. The third-order valence-electron chi connectivity index (χ3n) is 2.37. The molecule has 0 aliphatic heterocycles. The van der Waals surface area contributed by atoms with Crippen LogP contribution in [0, 0.1) is 0 Å². The number of aromatic nitrogens is 3. The Balaban J connectivity index is 2.62. The van der Waals surface area contributed by atoms with Gasteiger partial charge in [-0.05, 0) is 34.0 Å². The summed E-state index contributed by atoms with van der Waals surface area (Å²) in [6, 6.07) is 3.68. The molecule has 0 saturated heterocycles. The van der Waals surface area contributed by atoms with Crippen LogP contribution in [0.4, 0.5) is 0 Å². The number of nitrogens with one attached hydrogen (secondary N) is 1. The number of aromatic amines is 1. The summed E-state index contributed by atoms with van der Waals surface area (Å²) in [5.74, 6) is 0.733. The van der Waals surface area contributed by atoms with Crippen molar-refractivity contribution in [2.45, 2.75) is 19.8 Å². The molecule has 88 valence electrons. The minimum atomic E-state index is -0.164. The van der Waals surface area contributed by atoms with E-state index in [-0.39, 0.29) is 11.5 Å². The van der Waals surface area contributed by atoms with E-state index in [1.165, 1.54) is 0 Å². The zero-order valence-corrected chi connectivity index (χ0v) is 11.2. The molecule has 2 aromatic rings. The Bertz CT molecular complexity index is 578. The van der Waals surface area contributed by atoms with Crippen molar-refractivity contribution in [3.8, 4) is 11.4 Å². The van der Waals surface area contributed by atoms with Crippen molar-refractivity contribution in [3.05, 3.63) is 45.0 Å². The Morgan fingerprint density at radius 3 is 2.76 bits per heavy atom. The summed E-state index contributed by atoms with van der Waals surface area (Å²) in [6.45, 7) is 4.00. The van der Waals surface area contributed by atoms with Gasteiger partial charge in [0.05, 0.1) is 5.69 Å². The molecule has 2 rings (SSSR count). The van der Waals surface area contributed by atoms with E-state index in [1.54, 1.807) is 12.4 Å². The van der Waals surface area contributed by atoms with E-state index in [0.717, 1.165) is 11.3 Å².